The van der Waals surface area contributed by atoms with Crippen LogP contribution in [0.2, 0.25) is 0 Å². The lowest BCUT2D eigenvalue weighted by Gasteiger charge is -1.91. The minimum atomic E-state index is -0.580. The summed E-state index contributed by atoms with van der Waals surface area (Å²) in [5.74, 6) is 0. The van der Waals surface area contributed by atoms with Crippen molar-refractivity contribution >= 4 is 24.4 Å². The van der Waals surface area contributed by atoms with Gasteiger partial charge in [0, 0.05) is 6.07 Å². The van der Waals surface area contributed by atoms with E-state index in [1.54, 1.807) is 6.07 Å². The van der Waals surface area contributed by atoms with Crippen molar-refractivity contribution in [3.05, 3.63) is 39.9 Å². The van der Waals surface area contributed by atoms with Crippen LogP contribution in [-0.4, -0.2) is 11.2 Å². The molecule has 0 fully saturated rings. The summed E-state index contributed by atoms with van der Waals surface area (Å²) in [6.07, 6.45) is 0.470. The number of aldehydes is 1. The summed E-state index contributed by atoms with van der Waals surface area (Å²) in [7, 11) is 0. The van der Waals surface area contributed by atoms with Crippen molar-refractivity contribution in [1.82, 2.24) is 0 Å². The van der Waals surface area contributed by atoms with E-state index < -0.39 is 4.92 Å². The largest absolute Gasteiger partial charge is 0.298 e. The molecule has 0 aromatic heterocycles. The number of hydrogen-bond acceptors (Lipinski definition) is 3. The van der Waals surface area contributed by atoms with E-state index in [4.69, 9.17) is 0 Å². The lowest BCUT2D eigenvalue weighted by Crippen LogP contribution is -1.92. The molecule has 0 amide bonds. The van der Waals surface area contributed by atoms with Crippen LogP contribution in [0.1, 0.15) is 10.4 Å². The van der Waals surface area contributed by atoms with Gasteiger partial charge in [0.1, 0.15) is 0 Å². The molecule has 0 N–H and O–H groups in total. The van der Waals surface area contributed by atoms with Crippen molar-refractivity contribution in [2.45, 2.75) is 0 Å². The van der Waals surface area contributed by atoms with Crippen LogP contribution in [0.15, 0.2) is 24.3 Å². The SMILES string of the molecule is Cl.O=Cc1ccccc1[N+](=O)[O-]. The lowest BCUT2D eigenvalue weighted by molar-refractivity contribution is -0.385. The first-order valence-electron chi connectivity index (χ1n) is 2.94. The fourth-order valence-corrected chi connectivity index (χ4v) is 0.753. The smallest absolute Gasteiger partial charge is 0.279 e. The Balaban J connectivity index is 0.00000121. The molecule has 0 saturated carbocycles. The van der Waals surface area contributed by atoms with Gasteiger partial charge in [-0.25, -0.2) is 0 Å². The van der Waals surface area contributed by atoms with Crippen LogP contribution in [0.25, 0.3) is 0 Å². The van der Waals surface area contributed by atoms with Crippen molar-refractivity contribution in [3.8, 4) is 0 Å². The summed E-state index contributed by atoms with van der Waals surface area (Å²) in [4.78, 5) is 19.9. The van der Waals surface area contributed by atoms with E-state index in [9.17, 15) is 14.9 Å². The highest BCUT2D eigenvalue weighted by molar-refractivity contribution is 5.85. The van der Waals surface area contributed by atoms with Crippen LogP contribution >= 0.6 is 12.4 Å². The Morgan fingerprint density at radius 3 is 2.33 bits per heavy atom. The highest BCUT2D eigenvalue weighted by Gasteiger charge is 2.09. The molecule has 1 rings (SSSR count). The van der Waals surface area contributed by atoms with Crippen molar-refractivity contribution in [2.75, 3.05) is 0 Å². The van der Waals surface area contributed by atoms with Gasteiger partial charge in [0.25, 0.3) is 5.69 Å². The quantitative estimate of drug-likeness (QED) is 0.403. The van der Waals surface area contributed by atoms with Crippen LogP contribution in [-0.2, 0) is 0 Å². The number of nitro groups is 1. The minimum Gasteiger partial charge on any atom is -0.298 e. The Labute approximate surface area is 74.8 Å². The number of nitro benzene ring substituents is 1. The Morgan fingerprint density at radius 1 is 1.33 bits per heavy atom. The average molecular weight is 188 g/mol. The first kappa shape index (κ1) is 10.6. The van der Waals surface area contributed by atoms with E-state index in [2.05, 4.69) is 0 Å². The minimum absolute atomic E-state index is 0. The molecule has 0 spiro atoms. The van der Waals surface area contributed by atoms with Gasteiger partial charge in [-0.05, 0) is 6.07 Å². The Kier molecular flexibility index (Phi) is 3.93. The molecule has 0 saturated heterocycles. The molecule has 0 atom stereocenters. The first-order valence-corrected chi connectivity index (χ1v) is 2.94. The van der Waals surface area contributed by atoms with Gasteiger partial charge >= 0.3 is 0 Å². The van der Waals surface area contributed by atoms with Gasteiger partial charge in [-0.15, -0.1) is 12.4 Å². The normalized spacial score (nSPS) is 8.33. The number of halogens is 1. The lowest BCUT2D eigenvalue weighted by atomic mass is 10.2. The van der Waals surface area contributed by atoms with E-state index in [0.717, 1.165) is 0 Å². The van der Waals surface area contributed by atoms with Crippen LogP contribution in [0, 0.1) is 10.1 Å². The Bertz CT molecular complexity index is 300. The molecular formula is C7H6ClNO3. The zero-order chi connectivity index (χ0) is 8.27. The summed E-state index contributed by atoms with van der Waals surface area (Å²) >= 11 is 0. The van der Waals surface area contributed by atoms with Gasteiger partial charge in [-0.3, -0.25) is 14.9 Å². The molecule has 0 aliphatic carbocycles. The second-order valence-electron chi connectivity index (χ2n) is 1.93. The van der Waals surface area contributed by atoms with Gasteiger partial charge < -0.3 is 0 Å². The highest BCUT2D eigenvalue weighted by atomic mass is 35.5. The molecule has 0 heterocycles. The average Bonchev–Trinajstić information content (AvgIpc) is 2.04. The molecule has 1 aromatic rings. The van der Waals surface area contributed by atoms with E-state index in [-0.39, 0.29) is 23.7 Å². The molecule has 5 heteroatoms. The van der Waals surface area contributed by atoms with Gasteiger partial charge in [-0.1, -0.05) is 12.1 Å². The number of hydrogen-bond donors (Lipinski definition) is 0. The van der Waals surface area contributed by atoms with Gasteiger partial charge in [-0.2, -0.15) is 0 Å². The molecule has 4 nitrogen and oxygen atoms in total. The Hall–Kier alpha value is -1.42. The summed E-state index contributed by atoms with van der Waals surface area (Å²) in [5, 5.41) is 10.2. The number of rotatable bonds is 2. The van der Waals surface area contributed by atoms with Crippen LogP contribution in [0.4, 0.5) is 5.69 Å². The summed E-state index contributed by atoms with van der Waals surface area (Å²) in [5.41, 5.74) is -0.0417. The summed E-state index contributed by atoms with van der Waals surface area (Å²) in [6, 6.07) is 5.80. The molecule has 0 aliphatic heterocycles. The maximum Gasteiger partial charge on any atom is 0.279 e. The third-order valence-electron chi connectivity index (χ3n) is 1.26. The monoisotopic (exact) mass is 187 g/mol. The number of nitrogens with zero attached hydrogens (tertiary/aromatic N) is 1. The number of carbonyl (C=O) groups excluding carboxylic acids is 1. The predicted octanol–water partition coefficient (Wildman–Crippen LogP) is 1.83. The topological polar surface area (TPSA) is 60.2 Å². The summed E-state index contributed by atoms with van der Waals surface area (Å²) in [6.45, 7) is 0. The molecule has 0 aliphatic rings. The molecule has 12 heavy (non-hydrogen) atoms. The zero-order valence-corrected chi connectivity index (χ0v) is 6.78. The second kappa shape index (κ2) is 4.46. The number of para-hydroxylation sites is 1. The maximum absolute atomic E-state index is 10.2. The first-order chi connectivity index (χ1) is 5.25. The number of benzene rings is 1. The van der Waals surface area contributed by atoms with Crippen LogP contribution < -0.4 is 0 Å². The van der Waals surface area contributed by atoms with Crippen molar-refractivity contribution in [3.63, 3.8) is 0 Å². The second-order valence-corrected chi connectivity index (χ2v) is 1.93. The van der Waals surface area contributed by atoms with E-state index in [1.165, 1.54) is 18.2 Å². The molecule has 0 unspecified atom stereocenters. The van der Waals surface area contributed by atoms with Crippen molar-refractivity contribution in [2.24, 2.45) is 0 Å². The van der Waals surface area contributed by atoms with Gasteiger partial charge in [0.2, 0.25) is 0 Å². The maximum atomic E-state index is 10.2. The summed E-state index contributed by atoms with van der Waals surface area (Å²) < 4.78 is 0. The van der Waals surface area contributed by atoms with Crippen molar-refractivity contribution < 1.29 is 9.72 Å². The van der Waals surface area contributed by atoms with Gasteiger partial charge in [0.15, 0.2) is 6.29 Å². The van der Waals surface area contributed by atoms with Crippen molar-refractivity contribution in [1.29, 1.82) is 0 Å². The van der Waals surface area contributed by atoms with E-state index >= 15 is 0 Å². The van der Waals surface area contributed by atoms with E-state index in [1.807, 2.05) is 0 Å². The van der Waals surface area contributed by atoms with Gasteiger partial charge in [0.05, 0.1) is 10.5 Å². The fraction of sp³-hybridized carbons (Fsp3) is 0. The fourth-order valence-electron chi connectivity index (χ4n) is 0.753. The highest BCUT2D eigenvalue weighted by Crippen LogP contribution is 2.14. The van der Waals surface area contributed by atoms with Crippen LogP contribution in [0.3, 0.4) is 0 Å². The molecule has 0 bridgehead atoms. The molecule has 0 radical (unpaired) electrons. The number of carbonyl (C=O) groups is 1. The predicted molar refractivity (Wildman–Crippen MR) is 45.7 cm³/mol. The third kappa shape index (κ3) is 2.03. The molecule has 64 valence electrons. The van der Waals surface area contributed by atoms with Crippen LogP contribution in [0.5, 0.6) is 0 Å². The Morgan fingerprint density at radius 2 is 1.92 bits per heavy atom. The zero-order valence-electron chi connectivity index (χ0n) is 5.97. The molecular weight excluding hydrogens is 182 g/mol. The third-order valence-corrected chi connectivity index (χ3v) is 1.26. The van der Waals surface area contributed by atoms with E-state index in [0.29, 0.717) is 6.29 Å². The standard InChI is InChI=1S/C7H5NO3.ClH/c9-5-6-3-1-2-4-7(6)8(10)11;/h1-5H;1H. The molecule has 1 aromatic carbocycles.